The van der Waals surface area contributed by atoms with Gasteiger partial charge in [0.2, 0.25) is 0 Å². The summed E-state index contributed by atoms with van der Waals surface area (Å²) in [4.78, 5) is 33.9. The quantitative estimate of drug-likeness (QED) is 0.162. The van der Waals surface area contributed by atoms with Crippen LogP contribution in [0.2, 0.25) is 0 Å². The average Bonchev–Trinajstić information content (AvgIpc) is 2.59. The molecule has 0 aliphatic carbocycles. The van der Waals surface area contributed by atoms with Crippen LogP contribution in [0.3, 0.4) is 0 Å². The molecule has 0 fully saturated rings. The highest BCUT2D eigenvalue weighted by Crippen LogP contribution is 2.47. The second-order valence-electron chi connectivity index (χ2n) is 6.83. The molecular formula is C15H26O9S3. The number of hydrogen-bond donors (Lipinski definition) is 9. The molecule has 0 aliphatic rings. The molecule has 0 rings (SSSR count). The molecule has 0 saturated heterocycles. The first-order valence-electron chi connectivity index (χ1n) is 7.93. The van der Waals surface area contributed by atoms with Gasteiger partial charge in [-0.15, -0.1) is 0 Å². The van der Waals surface area contributed by atoms with Gasteiger partial charge in [0, 0.05) is 5.41 Å². The molecule has 0 amide bonds. The Balaban J connectivity index is 6.19. The Hall–Kier alpha value is -0.660. The molecule has 0 saturated carbocycles. The summed E-state index contributed by atoms with van der Waals surface area (Å²) in [5, 5.41) is 52.7. The fraction of sp³-hybridized carbons (Fsp3) is 0.800. The zero-order chi connectivity index (χ0) is 21.4. The second-order valence-corrected chi connectivity index (χ2v) is 8.70. The number of carbonyl (C=O) groups is 3. The molecule has 3 atom stereocenters. The summed E-state index contributed by atoms with van der Waals surface area (Å²) in [6, 6.07) is 0. The summed E-state index contributed by atoms with van der Waals surface area (Å²) in [6.07, 6.45) is -1.08. The van der Waals surface area contributed by atoms with E-state index in [1.807, 2.05) is 0 Å². The molecule has 27 heavy (non-hydrogen) atoms. The van der Waals surface area contributed by atoms with Gasteiger partial charge in [0.05, 0.1) is 35.6 Å². The van der Waals surface area contributed by atoms with E-state index in [0.717, 1.165) is 0 Å². The Morgan fingerprint density at radius 3 is 1.07 bits per heavy atom. The average molecular weight is 447 g/mol. The van der Waals surface area contributed by atoms with Crippen molar-refractivity contribution in [2.45, 2.75) is 41.4 Å². The minimum absolute atomic E-state index is 0.248. The van der Waals surface area contributed by atoms with Crippen molar-refractivity contribution >= 4 is 55.8 Å². The number of aliphatic hydroxyl groups excluding tert-OH is 3. The van der Waals surface area contributed by atoms with E-state index in [1.165, 1.54) is 0 Å². The van der Waals surface area contributed by atoms with Gasteiger partial charge in [-0.2, -0.15) is 37.9 Å². The summed E-state index contributed by atoms with van der Waals surface area (Å²) in [7, 11) is 0. The van der Waals surface area contributed by atoms with Crippen LogP contribution < -0.4 is 0 Å². The lowest BCUT2D eigenvalue weighted by Crippen LogP contribution is -2.45. The molecule has 6 N–H and O–H groups in total. The molecule has 0 radical (unpaired) electrons. The van der Waals surface area contributed by atoms with E-state index >= 15 is 0 Å². The van der Waals surface area contributed by atoms with Gasteiger partial charge in [-0.1, -0.05) is 0 Å². The van der Waals surface area contributed by atoms with Gasteiger partial charge in [-0.05, 0) is 31.1 Å². The zero-order valence-corrected chi connectivity index (χ0v) is 17.1. The minimum Gasteiger partial charge on any atom is -0.480 e. The highest BCUT2D eigenvalue weighted by Gasteiger charge is 2.46. The van der Waals surface area contributed by atoms with E-state index in [-0.39, 0.29) is 25.7 Å². The molecule has 0 aromatic rings. The smallest absolute Gasteiger partial charge is 0.316 e. The van der Waals surface area contributed by atoms with Crippen molar-refractivity contribution in [3.8, 4) is 0 Å². The SMILES string of the molecule is O=C(O)C(S)CC(CC(S)C(=O)O)(CC(S)C(=O)O)CC(CO)(CO)CO. The van der Waals surface area contributed by atoms with E-state index in [0.29, 0.717) is 0 Å². The predicted octanol–water partition coefficient (Wildman–Crippen LogP) is -0.354. The first-order chi connectivity index (χ1) is 12.4. The second kappa shape index (κ2) is 11.4. The largest absolute Gasteiger partial charge is 0.480 e. The van der Waals surface area contributed by atoms with Crippen LogP contribution in [0.25, 0.3) is 0 Å². The van der Waals surface area contributed by atoms with Gasteiger partial charge < -0.3 is 30.6 Å². The Morgan fingerprint density at radius 1 is 0.630 bits per heavy atom. The molecular weight excluding hydrogens is 420 g/mol. The number of hydrogen-bond acceptors (Lipinski definition) is 9. The number of carboxylic acids is 3. The zero-order valence-electron chi connectivity index (χ0n) is 14.4. The number of rotatable bonds is 14. The van der Waals surface area contributed by atoms with Crippen LogP contribution in [0.15, 0.2) is 0 Å². The van der Waals surface area contributed by atoms with Crippen LogP contribution in [0.5, 0.6) is 0 Å². The molecule has 0 spiro atoms. The maximum absolute atomic E-state index is 11.3. The van der Waals surface area contributed by atoms with Crippen molar-refractivity contribution in [3.63, 3.8) is 0 Å². The van der Waals surface area contributed by atoms with Gasteiger partial charge in [0.1, 0.15) is 0 Å². The van der Waals surface area contributed by atoms with E-state index in [9.17, 15) is 45.0 Å². The number of aliphatic carboxylic acids is 3. The Morgan fingerprint density at radius 2 is 0.889 bits per heavy atom. The Labute approximate surface area is 173 Å². The van der Waals surface area contributed by atoms with Crippen LogP contribution in [0, 0.1) is 10.8 Å². The maximum Gasteiger partial charge on any atom is 0.316 e. The molecule has 3 unspecified atom stereocenters. The van der Waals surface area contributed by atoms with Crippen molar-refractivity contribution in [1.29, 1.82) is 0 Å². The third kappa shape index (κ3) is 8.08. The molecule has 0 aliphatic heterocycles. The van der Waals surface area contributed by atoms with Crippen LogP contribution in [0.4, 0.5) is 0 Å². The summed E-state index contributed by atoms with van der Waals surface area (Å²) >= 11 is 11.9. The highest BCUT2D eigenvalue weighted by atomic mass is 32.1. The number of thiol groups is 3. The Bertz CT molecular complexity index is 461. The topological polar surface area (TPSA) is 173 Å². The first kappa shape index (κ1) is 26.3. The first-order valence-corrected chi connectivity index (χ1v) is 9.47. The van der Waals surface area contributed by atoms with E-state index in [4.69, 9.17) is 0 Å². The summed E-state index contributed by atoms with van der Waals surface area (Å²) in [6.45, 7) is -2.04. The molecule has 158 valence electrons. The van der Waals surface area contributed by atoms with Crippen molar-refractivity contribution in [3.05, 3.63) is 0 Å². The maximum atomic E-state index is 11.3. The third-order valence-corrected chi connectivity index (χ3v) is 5.70. The van der Waals surface area contributed by atoms with E-state index < -0.39 is 64.3 Å². The fourth-order valence-electron chi connectivity index (χ4n) is 3.07. The number of carboxylic acid groups (broad SMARTS) is 3. The summed E-state index contributed by atoms with van der Waals surface area (Å²) < 4.78 is 0. The third-order valence-electron chi connectivity index (χ3n) is 4.49. The predicted molar refractivity (Wildman–Crippen MR) is 106 cm³/mol. The molecule has 0 aromatic heterocycles. The van der Waals surface area contributed by atoms with Gasteiger partial charge in [0.15, 0.2) is 0 Å². The van der Waals surface area contributed by atoms with E-state index in [1.54, 1.807) is 0 Å². The van der Waals surface area contributed by atoms with Gasteiger partial charge >= 0.3 is 17.9 Å². The molecule has 9 nitrogen and oxygen atoms in total. The summed E-state index contributed by atoms with van der Waals surface area (Å²) in [5.41, 5.74) is -2.83. The molecule has 0 heterocycles. The van der Waals surface area contributed by atoms with Crippen molar-refractivity contribution in [2.24, 2.45) is 10.8 Å². The lowest BCUT2D eigenvalue weighted by Gasteiger charge is -2.43. The molecule has 0 bridgehead atoms. The van der Waals surface area contributed by atoms with Crippen LogP contribution >= 0.6 is 37.9 Å². The van der Waals surface area contributed by atoms with Gasteiger partial charge in [0.25, 0.3) is 0 Å². The normalized spacial score (nSPS) is 17.6. The highest BCUT2D eigenvalue weighted by molar-refractivity contribution is 7.82. The van der Waals surface area contributed by atoms with Gasteiger partial charge in [-0.25, -0.2) is 0 Å². The monoisotopic (exact) mass is 446 g/mol. The lowest BCUT2D eigenvalue weighted by molar-refractivity contribution is -0.138. The molecule has 12 heteroatoms. The minimum atomic E-state index is -1.48. The number of aliphatic hydroxyl groups is 3. The van der Waals surface area contributed by atoms with Crippen LogP contribution in [-0.2, 0) is 14.4 Å². The standard InChI is InChI=1S/C15H26O9S3/c16-5-15(6-17,7-18)4-14(1-8(25)11(19)20,2-9(26)12(21)22)3-10(27)13(23)24/h8-10,16-18,25-27H,1-7H2,(H,19,20)(H,21,22)(H,23,24). The Kier molecular flexibility index (Phi) is 11.1. The van der Waals surface area contributed by atoms with Crippen LogP contribution in [-0.4, -0.2) is 84.1 Å². The van der Waals surface area contributed by atoms with Crippen molar-refractivity contribution in [1.82, 2.24) is 0 Å². The fourth-order valence-corrected chi connectivity index (χ4v) is 4.23. The van der Waals surface area contributed by atoms with Gasteiger partial charge in [-0.3, -0.25) is 14.4 Å². The van der Waals surface area contributed by atoms with E-state index in [2.05, 4.69) is 37.9 Å². The van der Waals surface area contributed by atoms with Crippen molar-refractivity contribution in [2.75, 3.05) is 19.8 Å². The van der Waals surface area contributed by atoms with Crippen molar-refractivity contribution < 1.29 is 45.0 Å². The molecule has 0 aromatic carbocycles. The lowest BCUT2D eigenvalue weighted by atomic mass is 9.65. The summed E-state index contributed by atoms with van der Waals surface area (Å²) in [5.74, 6) is -3.91. The van der Waals surface area contributed by atoms with Crippen LogP contribution in [0.1, 0.15) is 25.7 Å².